The molecule has 0 aliphatic carbocycles. The highest BCUT2D eigenvalue weighted by Crippen LogP contribution is 2.31. The van der Waals surface area contributed by atoms with Gasteiger partial charge in [-0.1, -0.05) is 0 Å². The quantitative estimate of drug-likeness (QED) is 0.473. The van der Waals surface area contributed by atoms with Crippen molar-refractivity contribution in [3.8, 4) is 0 Å². The van der Waals surface area contributed by atoms with Crippen molar-refractivity contribution in [2.24, 2.45) is 5.92 Å². The fourth-order valence-corrected chi connectivity index (χ4v) is 5.26. The van der Waals surface area contributed by atoms with Crippen LogP contribution in [-0.4, -0.2) is 62.5 Å². The number of nitrogens with zero attached hydrogens (tertiary/aromatic N) is 1. The molecule has 0 radical (unpaired) electrons. The Bertz CT molecular complexity index is 452. The zero-order valence-electron chi connectivity index (χ0n) is 11.0. The van der Waals surface area contributed by atoms with E-state index in [1.54, 1.807) is 0 Å². The smallest absolute Gasteiger partial charge is 0.220 e. The molecule has 0 aromatic heterocycles. The van der Waals surface area contributed by atoms with Crippen LogP contribution in [0.1, 0.15) is 19.3 Å². The molecule has 3 heterocycles. The summed E-state index contributed by atoms with van der Waals surface area (Å²) in [6.07, 6.45) is 2.62. The van der Waals surface area contributed by atoms with Gasteiger partial charge in [-0.25, -0.2) is 8.42 Å². The molecule has 5 nitrogen and oxygen atoms in total. The van der Waals surface area contributed by atoms with Gasteiger partial charge >= 0.3 is 0 Å². The summed E-state index contributed by atoms with van der Waals surface area (Å²) in [6, 6.07) is 0.341. The molecule has 2 unspecified atom stereocenters. The highest BCUT2D eigenvalue weighted by molar-refractivity contribution is 7.91. The maximum atomic E-state index is 11.5. The van der Waals surface area contributed by atoms with Crippen LogP contribution in [0.15, 0.2) is 0 Å². The normalized spacial score (nSPS) is 35.9. The molecule has 110 valence electrons. The van der Waals surface area contributed by atoms with E-state index in [1.807, 2.05) is 0 Å². The third-order valence-electron chi connectivity index (χ3n) is 4.95. The van der Waals surface area contributed by atoms with E-state index in [1.165, 1.54) is 0 Å². The number of hydrogen-bond acceptors (Lipinski definition) is 3. The molecule has 1 N–H and O–H groups in total. The highest BCUT2D eigenvalue weighted by Gasteiger charge is 2.45. The second kappa shape index (κ2) is 5.22. The first-order valence-corrected chi connectivity index (χ1v) is 8.65. The number of amides is 1. The second-order valence-electron chi connectivity index (χ2n) is 6.11. The molecule has 3 aliphatic heterocycles. The lowest BCUT2D eigenvalue weighted by atomic mass is 9.83. The highest BCUT2D eigenvalue weighted by atomic mass is 35.5. The maximum absolute atomic E-state index is 11.5. The number of fused-ring (bicyclic) bond motifs is 1. The number of hydrogen-bond donors (Lipinski definition) is 1. The average Bonchev–Trinajstić information content (AvgIpc) is 2.34. The van der Waals surface area contributed by atoms with Crippen molar-refractivity contribution in [3.05, 3.63) is 0 Å². The minimum absolute atomic E-state index is 0. The zero-order valence-corrected chi connectivity index (χ0v) is 12.5. The standard InChI is InChI=1S/C12H20N2O3S.ClH/c15-12-2-1-10-9-14(4-3-11(10)13-12)5-7-18(16,17)8-6-14;/h10-11H,1-9H2;1H. The van der Waals surface area contributed by atoms with Crippen molar-refractivity contribution in [2.45, 2.75) is 25.3 Å². The van der Waals surface area contributed by atoms with E-state index in [4.69, 9.17) is 0 Å². The minimum atomic E-state index is -2.78. The van der Waals surface area contributed by atoms with Crippen molar-refractivity contribution in [1.82, 2.24) is 5.32 Å². The Morgan fingerprint density at radius 2 is 1.79 bits per heavy atom. The molecule has 3 aliphatic rings. The summed E-state index contributed by atoms with van der Waals surface area (Å²) in [5.41, 5.74) is 0. The van der Waals surface area contributed by atoms with Crippen molar-refractivity contribution in [3.63, 3.8) is 0 Å². The van der Waals surface area contributed by atoms with Crippen molar-refractivity contribution in [1.29, 1.82) is 0 Å². The Hall–Kier alpha value is -0.330. The number of halogens is 1. The molecule has 7 heteroatoms. The van der Waals surface area contributed by atoms with Gasteiger partial charge in [0.25, 0.3) is 0 Å². The lowest BCUT2D eigenvalue weighted by Gasteiger charge is -2.50. The number of nitrogens with one attached hydrogen (secondary N) is 1. The number of carbonyl (C=O) groups is 1. The number of rotatable bonds is 0. The molecule has 0 saturated carbocycles. The van der Waals surface area contributed by atoms with Crippen LogP contribution in [-0.2, 0) is 14.6 Å². The number of sulfone groups is 1. The van der Waals surface area contributed by atoms with Gasteiger partial charge < -0.3 is 22.2 Å². The van der Waals surface area contributed by atoms with Crippen LogP contribution < -0.4 is 17.7 Å². The van der Waals surface area contributed by atoms with Crippen LogP contribution >= 0.6 is 0 Å². The second-order valence-corrected chi connectivity index (χ2v) is 8.41. The largest absolute Gasteiger partial charge is 1.00 e. The Morgan fingerprint density at radius 1 is 1.11 bits per heavy atom. The zero-order chi connectivity index (χ0) is 12.8. The van der Waals surface area contributed by atoms with Gasteiger partial charge in [-0.3, -0.25) is 4.79 Å². The van der Waals surface area contributed by atoms with Crippen LogP contribution in [0.5, 0.6) is 0 Å². The van der Waals surface area contributed by atoms with Crippen molar-refractivity contribution in [2.75, 3.05) is 37.7 Å². The summed E-state index contributed by atoms with van der Waals surface area (Å²) in [6.45, 7) is 3.64. The molecule has 0 aromatic rings. The summed E-state index contributed by atoms with van der Waals surface area (Å²) in [5, 5.41) is 3.09. The van der Waals surface area contributed by atoms with E-state index in [2.05, 4.69) is 5.32 Å². The number of quaternary nitrogens is 1. The summed E-state index contributed by atoms with van der Waals surface area (Å²) < 4.78 is 24.0. The van der Waals surface area contributed by atoms with Crippen LogP contribution in [0.3, 0.4) is 0 Å². The van der Waals surface area contributed by atoms with Crippen molar-refractivity contribution >= 4 is 15.7 Å². The third kappa shape index (κ3) is 3.06. The topological polar surface area (TPSA) is 63.2 Å². The van der Waals surface area contributed by atoms with E-state index < -0.39 is 9.84 Å². The fourth-order valence-electron chi connectivity index (χ4n) is 3.73. The van der Waals surface area contributed by atoms with Gasteiger partial charge in [-0.15, -0.1) is 0 Å². The van der Waals surface area contributed by atoms with Gasteiger partial charge in [0.1, 0.15) is 0 Å². The van der Waals surface area contributed by atoms with Crippen LogP contribution in [0, 0.1) is 5.92 Å². The predicted molar refractivity (Wildman–Crippen MR) is 67.7 cm³/mol. The summed E-state index contributed by atoms with van der Waals surface area (Å²) in [5.74, 6) is 1.43. The van der Waals surface area contributed by atoms with Gasteiger partial charge in [-0.05, 0) is 6.42 Å². The van der Waals surface area contributed by atoms with Gasteiger partial charge in [0.2, 0.25) is 5.91 Å². The van der Waals surface area contributed by atoms with Gasteiger partial charge in [0, 0.05) is 24.8 Å². The summed E-state index contributed by atoms with van der Waals surface area (Å²) in [4.78, 5) is 11.4. The number of carbonyl (C=O) groups excluding carboxylic acids is 1. The fraction of sp³-hybridized carbons (Fsp3) is 0.917. The van der Waals surface area contributed by atoms with Crippen molar-refractivity contribution < 1.29 is 30.1 Å². The molecule has 3 rings (SSSR count). The van der Waals surface area contributed by atoms with E-state index in [9.17, 15) is 13.2 Å². The van der Waals surface area contributed by atoms with Crippen LogP contribution in [0.2, 0.25) is 0 Å². The predicted octanol–water partition coefficient (Wildman–Crippen LogP) is -3.47. The lowest BCUT2D eigenvalue weighted by molar-refractivity contribution is -0.933. The Balaban J connectivity index is 0.00000133. The third-order valence-corrected chi connectivity index (χ3v) is 6.56. The average molecular weight is 309 g/mol. The SMILES string of the molecule is O=C1CCC2C[N+]3(CCC2N1)CCS(=O)(=O)CC3.[Cl-]. The molecule has 3 saturated heterocycles. The molecule has 0 bridgehead atoms. The molecule has 0 aromatic carbocycles. The Labute approximate surface area is 120 Å². The molecule has 1 amide bonds. The Morgan fingerprint density at radius 3 is 2.47 bits per heavy atom. The van der Waals surface area contributed by atoms with Gasteiger partial charge in [0.15, 0.2) is 9.84 Å². The molecular formula is C12H21ClN2O3S. The summed E-state index contributed by atoms with van der Waals surface area (Å²) >= 11 is 0. The van der Waals surface area contributed by atoms with E-state index >= 15 is 0 Å². The maximum Gasteiger partial charge on any atom is 0.220 e. The molecule has 2 atom stereocenters. The minimum Gasteiger partial charge on any atom is -1.00 e. The lowest BCUT2D eigenvalue weighted by Crippen LogP contribution is -3.00. The molecule has 1 spiro atoms. The number of piperidine rings is 2. The van der Waals surface area contributed by atoms with E-state index in [-0.39, 0.29) is 18.3 Å². The van der Waals surface area contributed by atoms with Crippen LogP contribution in [0.4, 0.5) is 0 Å². The summed E-state index contributed by atoms with van der Waals surface area (Å²) in [7, 11) is -2.78. The van der Waals surface area contributed by atoms with Gasteiger partial charge in [0.05, 0.1) is 37.7 Å². The molecular weight excluding hydrogens is 288 g/mol. The Kier molecular flexibility index (Phi) is 4.14. The van der Waals surface area contributed by atoms with E-state index in [0.29, 0.717) is 29.9 Å². The molecule has 3 fully saturated rings. The van der Waals surface area contributed by atoms with E-state index in [0.717, 1.165) is 43.5 Å². The van der Waals surface area contributed by atoms with Crippen LogP contribution in [0.25, 0.3) is 0 Å². The van der Waals surface area contributed by atoms with Gasteiger partial charge in [-0.2, -0.15) is 0 Å². The first-order valence-electron chi connectivity index (χ1n) is 6.83. The first-order chi connectivity index (χ1) is 8.48. The first kappa shape index (κ1) is 15.1. The molecule has 19 heavy (non-hydrogen) atoms. The monoisotopic (exact) mass is 308 g/mol.